The van der Waals surface area contributed by atoms with E-state index in [0.29, 0.717) is 6.54 Å². The molecular formula is C19H27N3O3. The van der Waals surface area contributed by atoms with Crippen molar-refractivity contribution in [2.45, 2.75) is 51.7 Å². The first kappa shape index (κ1) is 17.7. The molecule has 6 nitrogen and oxygen atoms in total. The number of fused-ring (bicyclic) bond motifs is 1. The molecule has 0 spiro atoms. The van der Waals surface area contributed by atoms with Crippen LogP contribution in [0.3, 0.4) is 0 Å². The molecule has 0 atom stereocenters. The Kier molecular flexibility index (Phi) is 5.27. The SMILES string of the molecule is CCN(CC(=O)O)C1CC(NC(=O)N2CCc3cccc(C)c3C2)C1. The third-order valence-corrected chi connectivity index (χ3v) is 5.50. The quantitative estimate of drug-likeness (QED) is 0.856. The first-order chi connectivity index (χ1) is 12.0. The van der Waals surface area contributed by atoms with Gasteiger partial charge in [0.1, 0.15) is 0 Å². The molecule has 1 aromatic rings. The molecule has 25 heavy (non-hydrogen) atoms. The molecule has 0 saturated heterocycles. The van der Waals surface area contributed by atoms with Crippen LogP contribution in [-0.4, -0.2) is 58.6 Å². The third-order valence-electron chi connectivity index (χ3n) is 5.50. The van der Waals surface area contributed by atoms with Crippen molar-refractivity contribution in [2.24, 2.45) is 0 Å². The van der Waals surface area contributed by atoms with E-state index >= 15 is 0 Å². The summed E-state index contributed by atoms with van der Waals surface area (Å²) in [6.07, 6.45) is 2.56. The van der Waals surface area contributed by atoms with Crippen molar-refractivity contribution in [1.82, 2.24) is 15.1 Å². The van der Waals surface area contributed by atoms with Crippen molar-refractivity contribution < 1.29 is 14.7 Å². The van der Waals surface area contributed by atoms with Crippen LogP contribution < -0.4 is 5.32 Å². The van der Waals surface area contributed by atoms with Gasteiger partial charge in [-0.1, -0.05) is 25.1 Å². The zero-order valence-electron chi connectivity index (χ0n) is 15.0. The fraction of sp³-hybridized carbons (Fsp3) is 0.579. The van der Waals surface area contributed by atoms with Gasteiger partial charge in [-0.15, -0.1) is 0 Å². The molecule has 1 aromatic carbocycles. The highest BCUT2D eigenvalue weighted by Crippen LogP contribution is 2.27. The molecule has 0 radical (unpaired) electrons. The molecule has 6 heteroatoms. The number of urea groups is 1. The summed E-state index contributed by atoms with van der Waals surface area (Å²) in [6, 6.07) is 6.73. The Morgan fingerprint density at radius 3 is 2.80 bits per heavy atom. The van der Waals surface area contributed by atoms with Gasteiger partial charge in [0.05, 0.1) is 6.54 Å². The average Bonchev–Trinajstić information content (AvgIpc) is 2.55. The minimum Gasteiger partial charge on any atom is -0.480 e. The highest BCUT2D eigenvalue weighted by Gasteiger charge is 2.35. The highest BCUT2D eigenvalue weighted by molar-refractivity contribution is 5.75. The van der Waals surface area contributed by atoms with Gasteiger partial charge in [0.15, 0.2) is 0 Å². The lowest BCUT2D eigenvalue weighted by Crippen LogP contribution is -2.57. The minimum atomic E-state index is -0.795. The number of carboxylic acid groups (broad SMARTS) is 1. The minimum absolute atomic E-state index is 0.00126. The summed E-state index contributed by atoms with van der Waals surface area (Å²) in [5.41, 5.74) is 3.86. The van der Waals surface area contributed by atoms with E-state index in [9.17, 15) is 9.59 Å². The van der Waals surface area contributed by atoms with Crippen LogP contribution in [0.5, 0.6) is 0 Å². The van der Waals surface area contributed by atoms with Gasteiger partial charge in [-0.25, -0.2) is 4.79 Å². The number of benzene rings is 1. The van der Waals surface area contributed by atoms with Gasteiger partial charge >= 0.3 is 12.0 Å². The summed E-state index contributed by atoms with van der Waals surface area (Å²) in [6.45, 7) is 6.29. The van der Waals surface area contributed by atoms with Gasteiger partial charge in [-0.05, 0) is 49.4 Å². The Hall–Kier alpha value is -2.08. The van der Waals surface area contributed by atoms with Crippen molar-refractivity contribution in [3.05, 3.63) is 34.9 Å². The number of nitrogens with zero attached hydrogens (tertiary/aromatic N) is 2. The monoisotopic (exact) mass is 345 g/mol. The van der Waals surface area contributed by atoms with Crippen LogP contribution in [0.2, 0.25) is 0 Å². The molecule has 2 aliphatic rings. The summed E-state index contributed by atoms with van der Waals surface area (Å²) in [7, 11) is 0. The second kappa shape index (κ2) is 7.44. The third kappa shape index (κ3) is 3.95. The Labute approximate surface area is 148 Å². The van der Waals surface area contributed by atoms with Crippen LogP contribution >= 0.6 is 0 Å². The lowest BCUT2D eigenvalue weighted by atomic mass is 9.85. The second-order valence-corrected chi connectivity index (χ2v) is 7.11. The van der Waals surface area contributed by atoms with Gasteiger partial charge < -0.3 is 15.3 Å². The molecule has 1 aliphatic carbocycles. The van der Waals surface area contributed by atoms with E-state index in [1.807, 2.05) is 16.7 Å². The van der Waals surface area contributed by atoms with Gasteiger partial charge in [-0.2, -0.15) is 0 Å². The van der Waals surface area contributed by atoms with Crippen molar-refractivity contribution in [1.29, 1.82) is 0 Å². The molecule has 3 rings (SSSR count). The number of carbonyl (C=O) groups is 2. The fourth-order valence-corrected chi connectivity index (χ4v) is 3.86. The summed E-state index contributed by atoms with van der Waals surface area (Å²) in [4.78, 5) is 27.3. The smallest absolute Gasteiger partial charge is 0.317 e. The zero-order chi connectivity index (χ0) is 18.0. The van der Waals surface area contributed by atoms with E-state index in [-0.39, 0.29) is 24.7 Å². The van der Waals surface area contributed by atoms with Crippen LogP contribution in [-0.2, 0) is 17.8 Å². The van der Waals surface area contributed by atoms with Crippen LogP contribution in [0.25, 0.3) is 0 Å². The molecule has 0 unspecified atom stereocenters. The zero-order valence-corrected chi connectivity index (χ0v) is 15.0. The van der Waals surface area contributed by atoms with Crippen molar-refractivity contribution >= 4 is 12.0 Å². The highest BCUT2D eigenvalue weighted by atomic mass is 16.4. The number of carbonyl (C=O) groups excluding carboxylic acids is 1. The maximum absolute atomic E-state index is 12.6. The van der Waals surface area contributed by atoms with Crippen molar-refractivity contribution in [3.63, 3.8) is 0 Å². The van der Waals surface area contributed by atoms with E-state index in [0.717, 1.165) is 32.4 Å². The standard InChI is InChI=1S/C19H27N3O3/c1-3-21(12-18(23)24)16-9-15(10-16)20-19(25)22-8-7-14-6-4-5-13(2)17(14)11-22/h4-6,15-16H,3,7-12H2,1-2H3,(H,20,25)(H,23,24). The van der Waals surface area contributed by atoms with Gasteiger partial charge in [0.25, 0.3) is 0 Å². The van der Waals surface area contributed by atoms with Crippen LogP contribution in [0.1, 0.15) is 36.5 Å². The number of likely N-dealkylation sites (N-methyl/N-ethyl adjacent to an activating group) is 1. The Morgan fingerprint density at radius 2 is 2.12 bits per heavy atom. The van der Waals surface area contributed by atoms with Crippen LogP contribution in [0, 0.1) is 6.92 Å². The number of amides is 2. The summed E-state index contributed by atoms with van der Waals surface area (Å²) in [5.74, 6) is -0.795. The van der Waals surface area contributed by atoms with Gasteiger partial charge in [0.2, 0.25) is 0 Å². The topological polar surface area (TPSA) is 72.9 Å². The molecule has 2 N–H and O–H groups in total. The number of carboxylic acids is 1. The van der Waals surface area contributed by atoms with Crippen molar-refractivity contribution in [3.8, 4) is 0 Å². The van der Waals surface area contributed by atoms with Gasteiger partial charge in [-0.3, -0.25) is 9.69 Å². The number of nitrogens with one attached hydrogen (secondary N) is 1. The average molecular weight is 345 g/mol. The molecular weight excluding hydrogens is 318 g/mol. The molecule has 136 valence electrons. The molecule has 0 bridgehead atoms. The summed E-state index contributed by atoms with van der Waals surface area (Å²) >= 11 is 0. The maximum atomic E-state index is 12.6. The second-order valence-electron chi connectivity index (χ2n) is 7.11. The largest absolute Gasteiger partial charge is 0.480 e. The lowest BCUT2D eigenvalue weighted by molar-refractivity contribution is -0.139. The number of aliphatic carboxylic acids is 1. The molecule has 1 aliphatic heterocycles. The van der Waals surface area contributed by atoms with Gasteiger partial charge in [0, 0.05) is 25.2 Å². The van der Waals surface area contributed by atoms with E-state index in [2.05, 4.69) is 30.4 Å². The van der Waals surface area contributed by atoms with E-state index in [1.54, 1.807) is 0 Å². The summed E-state index contributed by atoms with van der Waals surface area (Å²) in [5, 5.41) is 12.1. The van der Waals surface area contributed by atoms with Crippen LogP contribution in [0.15, 0.2) is 18.2 Å². The summed E-state index contributed by atoms with van der Waals surface area (Å²) < 4.78 is 0. The Bertz CT molecular complexity index is 655. The molecule has 0 aromatic heterocycles. The molecule has 1 saturated carbocycles. The number of aryl methyl sites for hydroxylation is 1. The van der Waals surface area contributed by atoms with E-state index in [4.69, 9.17) is 5.11 Å². The Morgan fingerprint density at radius 1 is 1.36 bits per heavy atom. The van der Waals surface area contributed by atoms with Crippen molar-refractivity contribution in [2.75, 3.05) is 19.6 Å². The molecule has 2 amide bonds. The predicted molar refractivity (Wildman–Crippen MR) is 95.5 cm³/mol. The van der Waals surface area contributed by atoms with E-state index in [1.165, 1.54) is 16.7 Å². The maximum Gasteiger partial charge on any atom is 0.317 e. The number of rotatable bonds is 5. The van der Waals surface area contributed by atoms with E-state index < -0.39 is 5.97 Å². The first-order valence-corrected chi connectivity index (χ1v) is 9.06. The fourth-order valence-electron chi connectivity index (χ4n) is 3.86. The first-order valence-electron chi connectivity index (χ1n) is 9.06. The Balaban J connectivity index is 1.50. The molecule has 1 heterocycles. The number of hydrogen-bond acceptors (Lipinski definition) is 3. The van der Waals surface area contributed by atoms with Crippen LogP contribution in [0.4, 0.5) is 4.79 Å². The predicted octanol–water partition coefficient (Wildman–Crippen LogP) is 2.00. The lowest BCUT2D eigenvalue weighted by Gasteiger charge is -2.43. The molecule has 1 fully saturated rings. The number of hydrogen-bond donors (Lipinski definition) is 2. The normalized spacial score (nSPS) is 22.3.